The van der Waals surface area contributed by atoms with Crippen LogP contribution >= 0.6 is 0 Å². The van der Waals surface area contributed by atoms with Crippen LogP contribution in [0.1, 0.15) is 23.2 Å². The summed E-state index contributed by atoms with van der Waals surface area (Å²) < 4.78 is 5.44. The number of unbranched alkanes of at least 4 members (excludes halogenated alkanes) is 1. The van der Waals surface area contributed by atoms with E-state index in [0.717, 1.165) is 24.9 Å². The van der Waals surface area contributed by atoms with Crippen LogP contribution in [0.25, 0.3) is 0 Å². The summed E-state index contributed by atoms with van der Waals surface area (Å²) in [6, 6.07) is 7.08. The van der Waals surface area contributed by atoms with Crippen molar-refractivity contribution in [2.75, 3.05) is 13.2 Å². The molecule has 2 N–H and O–H groups in total. The van der Waals surface area contributed by atoms with E-state index in [-0.39, 0.29) is 0 Å². The minimum atomic E-state index is 0.666. The Balaban J connectivity index is 2.32. The summed E-state index contributed by atoms with van der Waals surface area (Å²) >= 11 is 0. The Hall–Kier alpha value is -1.35. The Labute approximate surface area is 83.9 Å². The number of hydrogen-bond donors (Lipinski definition) is 1. The molecule has 76 valence electrons. The Morgan fingerprint density at radius 2 is 1.93 bits per heavy atom. The lowest BCUT2D eigenvalue weighted by Crippen LogP contribution is -2.03. The van der Waals surface area contributed by atoms with Crippen LogP contribution in [0.15, 0.2) is 24.3 Å². The first-order valence-corrected chi connectivity index (χ1v) is 4.75. The lowest BCUT2D eigenvalue weighted by Gasteiger charge is -2.04. The van der Waals surface area contributed by atoms with Gasteiger partial charge in [0.1, 0.15) is 12.0 Å². The molecular weight excluding hydrogens is 178 g/mol. The van der Waals surface area contributed by atoms with Gasteiger partial charge >= 0.3 is 0 Å². The molecule has 1 rings (SSSR count). The smallest absolute Gasteiger partial charge is 0.150 e. The van der Waals surface area contributed by atoms with E-state index in [1.807, 2.05) is 0 Å². The van der Waals surface area contributed by atoms with Crippen molar-refractivity contribution in [2.45, 2.75) is 12.8 Å². The van der Waals surface area contributed by atoms with E-state index >= 15 is 0 Å². The van der Waals surface area contributed by atoms with E-state index in [1.165, 1.54) is 0 Å². The van der Waals surface area contributed by atoms with Crippen LogP contribution in [0, 0.1) is 0 Å². The minimum Gasteiger partial charge on any atom is -0.494 e. The summed E-state index contributed by atoms with van der Waals surface area (Å²) in [7, 11) is 0. The van der Waals surface area contributed by atoms with Gasteiger partial charge in [0.15, 0.2) is 0 Å². The number of ether oxygens (including phenoxy) is 1. The molecule has 14 heavy (non-hydrogen) atoms. The number of hydrogen-bond acceptors (Lipinski definition) is 3. The van der Waals surface area contributed by atoms with Crippen molar-refractivity contribution >= 4 is 6.29 Å². The summed E-state index contributed by atoms with van der Waals surface area (Å²) in [6.07, 6.45) is 2.76. The van der Waals surface area contributed by atoms with Crippen LogP contribution in [0.2, 0.25) is 0 Å². The average Bonchev–Trinajstić information content (AvgIpc) is 2.25. The van der Waals surface area contributed by atoms with Gasteiger partial charge < -0.3 is 10.5 Å². The van der Waals surface area contributed by atoms with Crippen LogP contribution in [-0.2, 0) is 0 Å². The molecule has 0 spiro atoms. The van der Waals surface area contributed by atoms with Gasteiger partial charge in [-0.3, -0.25) is 4.79 Å². The quantitative estimate of drug-likeness (QED) is 0.551. The summed E-state index contributed by atoms with van der Waals surface area (Å²) in [6.45, 7) is 1.38. The van der Waals surface area contributed by atoms with Crippen LogP contribution in [0.3, 0.4) is 0 Å². The molecule has 1 aromatic carbocycles. The maximum atomic E-state index is 10.4. The first-order chi connectivity index (χ1) is 6.86. The molecule has 0 fully saturated rings. The van der Waals surface area contributed by atoms with Crippen molar-refractivity contribution in [3.8, 4) is 5.75 Å². The molecule has 0 aliphatic rings. The van der Waals surface area contributed by atoms with Gasteiger partial charge in [-0.25, -0.2) is 0 Å². The van der Waals surface area contributed by atoms with Crippen LogP contribution in [-0.4, -0.2) is 19.4 Å². The summed E-state index contributed by atoms with van der Waals surface area (Å²) in [5.74, 6) is 0.799. The van der Waals surface area contributed by atoms with E-state index in [1.54, 1.807) is 24.3 Å². The molecular formula is C11H15NO2. The topological polar surface area (TPSA) is 52.3 Å². The van der Waals surface area contributed by atoms with Crippen molar-refractivity contribution in [3.05, 3.63) is 29.8 Å². The highest BCUT2D eigenvalue weighted by Gasteiger charge is 1.93. The first kappa shape index (κ1) is 10.7. The van der Waals surface area contributed by atoms with Crippen molar-refractivity contribution in [2.24, 2.45) is 5.73 Å². The van der Waals surface area contributed by atoms with E-state index in [0.29, 0.717) is 18.7 Å². The molecule has 0 unspecified atom stereocenters. The van der Waals surface area contributed by atoms with Crippen LogP contribution < -0.4 is 10.5 Å². The maximum Gasteiger partial charge on any atom is 0.150 e. The second-order valence-corrected chi connectivity index (χ2v) is 3.03. The molecule has 0 heterocycles. The molecule has 0 aliphatic heterocycles. The van der Waals surface area contributed by atoms with Gasteiger partial charge in [-0.05, 0) is 43.7 Å². The van der Waals surface area contributed by atoms with Gasteiger partial charge in [-0.2, -0.15) is 0 Å². The molecule has 0 atom stereocenters. The highest BCUT2D eigenvalue weighted by Crippen LogP contribution is 2.11. The minimum absolute atomic E-state index is 0.666. The van der Waals surface area contributed by atoms with Crippen molar-refractivity contribution < 1.29 is 9.53 Å². The second kappa shape index (κ2) is 6.16. The van der Waals surface area contributed by atoms with E-state index < -0.39 is 0 Å². The van der Waals surface area contributed by atoms with Crippen molar-refractivity contribution in [3.63, 3.8) is 0 Å². The molecule has 1 aromatic rings. The van der Waals surface area contributed by atoms with Gasteiger partial charge in [-0.1, -0.05) is 0 Å². The fourth-order valence-corrected chi connectivity index (χ4v) is 1.08. The van der Waals surface area contributed by atoms with Gasteiger partial charge in [0, 0.05) is 5.56 Å². The highest BCUT2D eigenvalue weighted by atomic mass is 16.5. The van der Waals surface area contributed by atoms with Crippen molar-refractivity contribution in [1.82, 2.24) is 0 Å². The lowest BCUT2D eigenvalue weighted by atomic mass is 10.2. The Kier molecular flexibility index (Phi) is 4.72. The second-order valence-electron chi connectivity index (χ2n) is 3.03. The SMILES string of the molecule is NCCCCOc1ccc(C=O)cc1. The Morgan fingerprint density at radius 3 is 2.50 bits per heavy atom. The van der Waals surface area contributed by atoms with Crippen LogP contribution in [0.5, 0.6) is 5.75 Å². The Morgan fingerprint density at radius 1 is 1.21 bits per heavy atom. The standard InChI is InChI=1S/C11H15NO2/c12-7-1-2-8-14-11-5-3-10(9-13)4-6-11/h3-6,9H,1-2,7-8,12H2. The zero-order valence-corrected chi connectivity index (χ0v) is 8.11. The normalized spacial score (nSPS) is 9.79. The predicted molar refractivity (Wildman–Crippen MR) is 55.6 cm³/mol. The van der Waals surface area contributed by atoms with Gasteiger partial charge in [-0.15, -0.1) is 0 Å². The molecule has 0 bridgehead atoms. The molecule has 0 saturated heterocycles. The first-order valence-electron chi connectivity index (χ1n) is 4.75. The fourth-order valence-electron chi connectivity index (χ4n) is 1.08. The summed E-state index contributed by atoms with van der Waals surface area (Å²) in [5, 5.41) is 0. The summed E-state index contributed by atoms with van der Waals surface area (Å²) in [4.78, 5) is 10.4. The third-order valence-electron chi connectivity index (χ3n) is 1.88. The molecule has 0 aromatic heterocycles. The summed E-state index contributed by atoms with van der Waals surface area (Å²) in [5.41, 5.74) is 6.02. The third kappa shape index (κ3) is 3.58. The van der Waals surface area contributed by atoms with Crippen molar-refractivity contribution in [1.29, 1.82) is 0 Å². The molecule has 0 radical (unpaired) electrons. The zero-order valence-electron chi connectivity index (χ0n) is 8.11. The molecule has 3 nitrogen and oxygen atoms in total. The highest BCUT2D eigenvalue weighted by molar-refractivity contribution is 5.74. The average molecular weight is 193 g/mol. The largest absolute Gasteiger partial charge is 0.494 e. The predicted octanol–water partition coefficient (Wildman–Crippen LogP) is 1.62. The number of aldehydes is 1. The van der Waals surface area contributed by atoms with Gasteiger partial charge in [0.25, 0.3) is 0 Å². The van der Waals surface area contributed by atoms with Crippen LogP contribution in [0.4, 0.5) is 0 Å². The third-order valence-corrected chi connectivity index (χ3v) is 1.88. The number of carbonyl (C=O) groups excluding carboxylic acids is 1. The molecule has 0 saturated carbocycles. The van der Waals surface area contributed by atoms with Gasteiger partial charge in [0.2, 0.25) is 0 Å². The number of nitrogens with two attached hydrogens (primary N) is 1. The number of rotatable bonds is 6. The fraction of sp³-hybridized carbons (Fsp3) is 0.364. The van der Waals surface area contributed by atoms with E-state index in [9.17, 15) is 4.79 Å². The van der Waals surface area contributed by atoms with E-state index in [4.69, 9.17) is 10.5 Å². The monoisotopic (exact) mass is 193 g/mol. The molecule has 3 heteroatoms. The lowest BCUT2D eigenvalue weighted by molar-refractivity contribution is 0.112. The number of carbonyl (C=O) groups is 1. The van der Waals surface area contributed by atoms with E-state index in [2.05, 4.69) is 0 Å². The number of benzene rings is 1. The Bertz CT molecular complexity index is 269. The molecule has 0 amide bonds. The maximum absolute atomic E-state index is 10.4. The van der Waals surface area contributed by atoms with Gasteiger partial charge in [0.05, 0.1) is 6.61 Å². The molecule has 0 aliphatic carbocycles. The zero-order chi connectivity index (χ0) is 10.2.